The average Bonchev–Trinajstić information content (AvgIpc) is 3.49. The van der Waals surface area contributed by atoms with Gasteiger partial charge in [0.25, 0.3) is 5.91 Å². The van der Waals surface area contributed by atoms with E-state index in [9.17, 15) is 9.59 Å². The molecule has 0 aliphatic carbocycles. The van der Waals surface area contributed by atoms with E-state index in [1.807, 2.05) is 72.5 Å². The molecule has 43 heavy (non-hydrogen) atoms. The van der Waals surface area contributed by atoms with Gasteiger partial charge in [0, 0.05) is 54.1 Å². The maximum absolute atomic E-state index is 13.0. The van der Waals surface area contributed by atoms with Crippen LogP contribution in [0.3, 0.4) is 0 Å². The van der Waals surface area contributed by atoms with Crippen LogP contribution in [0.25, 0.3) is 17.4 Å². The Kier molecular flexibility index (Phi) is 9.75. The minimum atomic E-state index is -0.308. The van der Waals surface area contributed by atoms with Gasteiger partial charge in [-0.3, -0.25) is 9.59 Å². The van der Waals surface area contributed by atoms with Crippen LogP contribution < -0.4 is 15.0 Å². The minimum absolute atomic E-state index is 0.00394. The Morgan fingerprint density at radius 3 is 2.44 bits per heavy atom. The molecule has 1 N–H and O–H groups in total. The van der Waals surface area contributed by atoms with Crippen LogP contribution in [0, 0.1) is 6.92 Å². The van der Waals surface area contributed by atoms with Crippen molar-refractivity contribution in [2.75, 3.05) is 43.0 Å². The first-order chi connectivity index (χ1) is 20.8. The number of carbonyl (C=O) groups is 2. The van der Waals surface area contributed by atoms with Crippen molar-refractivity contribution in [3.63, 3.8) is 0 Å². The van der Waals surface area contributed by atoms with Gasteiger partial charge in [-0.1, -0.05) is 42.3 Å². The van der Waals surface area contributed by atoms with Crippen molar-refractivity contribution in [2.45, 2.75) is 20.3 Å². The molecule has 1 aliphatic rings. The quantitative estimate of drug-likeness (QED) is 0.193. The molecule has 0 radical (unpaired) electrons. The SMILES string of the molecule is CCCOc1ccc(C(=O)N2CCN(c3ccc(NC(=O)/C=C/c4ccc(-c5cccc(Cl)c5C)o4)cc3Cl)CC2)cc1. The van der Waals surface area contributed by atoms with Crippen LogP contribution in [-0.2, 0) is 4.79 Å². The fraction of sp³-hybridized carbons (Fsp3) is 0.235. The van der Waals surface area contributed by atoms with E-state index in [0.717, 1.165) is 29.0 Å². The van der Waals surface area contributed by atoms with Gasteiger partial charge in [-0.05, 0) is 85.6 Å². The van der Waals surface area contributed by atoms with Gasteiger partial charge in [0.15, 0.2) is 0 Å². The summed E-state index contributed by atoms with van der Waals surface area (Å²) in [6, 6.07) is 22.0. The molecule has 1 aromatic heterocycles. The fourth-order valence-corrected chi connectivity index (χ4v) is 5.37. The van der Waals surface area contributed by atoms with Crippen molar-refractivity contribution in [1.82, 2.24) is 4.90 Å². The fourth-order valence-electron chi connectivity index (χ4n) is 4.89. The van der Waals surface area contributed by atoms with Crippen molar-refractivity contribution in [2.24, 2.45) is 0 Å². The first-order valence-corrected chi connectivity index (χ1v) is 15.0. The zero-order chi connectivity index (χ0) is 30.3. The number of halogens is 2. The van der Waals surface area contributed by atoms with Crippen molar-refractivity contribution in [3.05, 3.63) is 106 Å². The molecule has 7 nitrogen and oxygen atoms in total. The highest BCUT2D eigenvalue weighted by atomic mass is 35.5. The zero-order valence-electron chi connectivity index (χ0n) is 24.1. The first-order valence-electron chi connectivity index (χ1n) is 14.2. The molecule has 0 saturated carbocycles. The zero-order valence-corrected chi connectivity index (χ0v) is 25.6. The van der Waals surface area contributed by atoms with Gasteiger partial charge in [0.2, 0.25) is 5.91 Å². The lowest BCUT2D eigenvalue weighted by Gasteiger charge is -2.36. The number of nitrogens with zero attached hydrogens (tertiary/aromatic N) is 2. The molecule has 0 unspecified atom stereocenters. The number of hydrogen-bond donors (Lipinski definition) is 1. The number of nitrogens with one attached hydrogen (secondary N) is 1. The van der Waals surface area contributed by atoms with Crippen molar-refractivity contribution in [3.8, 4) is 17.1 Å². The van der Waals surface area contributed by atoms with Crippen LogP contribution >= 0.6 is 23.2 Å². The number of piperazine rings is 1. The third-order valence-corrected chi connectivity index (χ3v) is 7.97. The summed E-state index contributed by atoms with van der Waals surface area (Å²) in [5.74, 6) is 1.69. The second-order valence-corrected chi connectivity index (χ2v) is 11.1. The van der Waals surface area contributed by atoms with E-state index in [-0.39, 0.29) is 11.8 Å². The molecular formula is C34H33Cl2N3O4. The molecule has 9 heteroatoms. The van der Waals surface area contributed by atoms with E-state index < -0.39 is 0 Å². The molecule has 5 rings (SSSR count). The van der Waals surface area contributed by atoms with Crippen LogP contribution in [0.15, 0.2) is 83.3 Å². The molecule has 2 heterocycles. The summed E-state index contributed by atoms with van der Waals surface area (Å²) < 4.78 is 11.5. The predicted octanol–water partition coefficient (Wildman–Crippen LogP) is 7.96. The van der Waals surface area contributed by atoms with Crippen LogP contribution in [0.5, 0.6) is 5.75 Å². The number of furan rings is 1. The summed E-state index contributed by atoms with van der Waals surface area (Å²) in [6.45, 7) is 7.11. The van der Waals surface area contributed by atoms with Crippen molar-refractivity contribution >= 4 is 52.5 Å². The van der Waals surface area contributed by atoms with Crippen LogP contribution in [0.4, 0.5) is 11.4 Å². The molecule has 1 aliphatic heterocycles. The Morgan fingerprint density at radius 2 is 1.72 bits per heavy atom. The lowest BCUT2D eigenvalue weighted by molar-refractivity contribution is -0.111. The average molecular weight is 619 g/mol. The molecule has 3 aromatic carbocycles. The lowest BCUT2D eigenvalue weighted by atomic mass is 10.1. The summed E-state index contributed by atoms with van der Waals surface area (Å²) in [6.07, 6.45) is 3.96. The summed E-state index contributed by atoms with van der Waals surface area (Å²) in [7, 11) is 0. The normalized spacial score (nSPS) is 13.4. The summed E-state index contributed by atoms with van der Waals surface area (Å²) in [5.41, 5.74) is 3.93. The Morgan fingerprint density at radius 1 is 0.953 bits per heavy atom. The topological polar surface area (TPSA) is 75.0 Å². The first kappa shape index (κ1) is 30.3. The lowest BCUT2D eigenvalue weighted by Crippen LogP contribution is -2.48. The number of amides is 2. The van der Waals surface area contributed by atoms with Gasteiger partial charge < -0.3 is 24.3 Å². The maximum Gasteiger partial charge on any atom is 0.253 e. The molecule has 0 bridgehead atoms. The maximum atomic E-state index is 13.0. The smallest absolute Gasteiger partial charge is 0.253 e. The molecule has 4 aromatic rings. The largest absolute Gasteiger partial charge is 0.494 e. The third kappa shape index (κ3) is 7.42. The standard InChI is InChI=1S/C34H33Cl2N3O4/c1-3-21-42-26-10-7-24(8-11-26)34(41)39-19-17-38(18-20-39)31-14-9-25(22-30(31)36)37-33(40)16-13-27-12-15-32(43-27)28-5-4-6-29(35)23(28)2/h4-16,22H,3,17-21H2,1-2H3,(H,37,40)/b16-13+. The van der Waals surface area contributed by atoms with E-state index in [1.165, 1.54) is 6.08 Å². The van der Waals surface area contributed by atoms with Crippen LogP contribution in [0.2, 0.25) is 10.0 Å². The van der Waals surface area contributed by atoms with E-state index in [2.05, 4.69) is 17.1 Å². The molecule has 1 saturated heterocycles. The number of hydrogen-bond acceptors (Lipinski definition) is 5. The summed E-state index contributed by atoms with van der Waals surface area (Å²) in [4.78, 5) is 29.6. The van der Waals surface area contributed by atoms with Crippen LogP contribution in [0.1, 0.15) is 35.0 Å². The second kappa shape index (κ2) is 13.8. The Bertz CT molecular complexity index is 1620. The number of carbonyl (C=O) groups excluding carboxylic acids is 2. The Labute approximate surface area is 261 Å². The highest BCUT2D eigenvalue weighted by Crippen LogP contribution is 2.31. The second-order valence-electron chi connectivity index (χ2n) is 10.3. The monoisotopic (exact) mass is 617 g/mol. The highest BCUT2D eigenvalue weighted by molar-refractivity contribution is 6.33. The predicted molar refractivity (Wildman–Crippen MR) is 173 cm³/mol. The molecule has 1 fully saturated rings. The van der Waals surface area contributed by atoms with Gasteiger partial charge in [-0.15, -0.1) is 0 Å². The number of benzene rings is 3. The summed E-state index contributed by atoms with van der Waals surface area (Å²) >= 11 is 12.9. The third-order valence-electron chi connectivity index (χ3n) is 7.26. The Balaban J connectivity index is 1.14. The van der Waals surface area contributed by atoms with Crippen molar-refractivity contribution in [1.29, 1.82) is 0 Å². The van der Waals surface area contributed by atoms with Crippen molar-refractivity contribution < 1.29 is 18.7 Å². The summed E-state index contributed by atoms with van der Waals surface area (Å²) in [5, 5.41) is 4.04. The Hall–Kier alpha value is -4.20. The molecule has 222 valence electrons. The molecule has 0 atom stereocenters. The van der Waals surface area contributed by atoms with Crippen LogP contribution in [-0.4, -0.2) is 49.5 Å². The van der Waals surface area contributed by atoms with Gasteiger partial charge >= 0.3 is 0 Å². The molecular weight excluding hydrogens is 585 g/mol. The van der Waals surface area contributed by atoms with Gasteiger partial charge in [-0.2, -0.15) is 0 Å². The van der Waals surface area contributed by atoms with E-state index in [4.69, 9.17) is 32.4 Å². The van der Waals surface area contributed by atoms with E-state index >= 15 is 0 Å². The molecule has 0 spiro atoms. The number of anilines is 2. The number of ether oxygens (including phenoxy) is 1. The van der Waals surface area contributed by atoms with E-state index in [1.54, 1.807) is 18.2 Å². The van der Waals surface area contributed by atoms with Gasteiger partial charge in [-0.25, -0.2) is 0 Å². The van der Waals surface area contributed by atoms with E-state index in [0.29, 0.717) is 65.6 Å². The molecule has 2 amide bonds. The van der Waals surface area contributed by atoms with Gasteiger partial charge in [0.05, 0.1) is 17.3 Å². The highest BCUT2D eigenvalue weighted by Gasteiger charge is 2.23. The number of rotatable bonds is 9. The minimum Gasteiger partial charge on any atom is -0.494 e. The van der Waals surface area contributed by atoms with Gasteiger partial charge in [0.1, 0.15) is 17.3 Å².